The van der Waals surface area contributed by atoms with Gasteiger partial charge in [-0.1, -0.05) is 48.0 Å². The van der Waals surface area contributed by atoms with Gasteiger partial charge in [0.1, 0.15) is 11.6 Å². The van der Waals surface area contributed by atoms with Gasteiger partial charge < -0.3 is 9.72 Å². The second-order valence-corrected chi connectivity index (χ2v) is 6.21. The van der Waals surface area contributed by atoms with Gasteiger partial charge in [-0.3, -0.25) is 0 Å². The van der Waals surface area contributed by atoms with Gasteiger partial charge in [-0.05, 0) is 31.1 Å². The molecule has 2 aromatic carbocycles. The quantitative estimate of drug-likeness (QED) is 0.732. The first-order valence-electron chi connectivity index (χ1n) is 8.41. The summed E-state index contributed by atoms with van der Waals surface area (Å²) in [5.74, 6) is 0.273. The highest BCUT2D eigenvalue weighted by Crippen LogP contribution is 2.33. The van der Waals surface area contributed by atoms with Gasteiger partial charge in [-0.2, -0.15) is 0 Å². The predicted octanol–water partition coefficient (Wildman–Crippen LogP) is 4.99. The van der Waals surface area contributed by atoms with E-state index in [0.717, 1.165) is 28.9 Å². The molecular formula is C21H19FN2O. The summed E-state index contributed by atoms with van der Waals surface area (Å²) in [5, 5.41) is 0. The third-order valence-electron chi connectivity index (χ3n) is 4.44. The molecule has 3 aromatic rings. The fourth-order valence-electron chi connectivity index (χ4n) is 3.06. The molecule has 0 amide bonds. The number of imidazole rings is 1. The molecule has 0 saturated carbocycles. The van der Waals surface area contributed by atoms with Gasteiger partial charge in [0.25, 0.3) is 0 Å². The highest BCUT2D eigenvalue weighted by Gasteiger charge is 2.19. The van der Waals surface area contributed by atoms with Crippen LogP contribution in [-0.2, 0) is 4.74 Å². The maximum absolute atomic E-state index is 14.2. The summed E-state index contributed by atoms with van der Waals surface area (Å²) in [6.45, 7) is 3.34. The minimum absolute atomic E-state index is 0.279. The van der Waals surface area contributed by atoms with Crippen molar-refractivity contribution < 1.29 is 9.13 Å². The van der Waals surface area contributed by atoms with Crippen molar-refractivity contribution in [3.05, 3.63) is 71.7 Å². The summed E-state index contributed by atoms with van der Waals surface area (Å²) >= 11 is 0. The van der Waals surface area contributed by atoms with Crippen LogP contribution < -0.4 is 0 Å². The zero-order valence-corrected chi connectivity index (χ0v) is 14.1. The minimum atomic E-state index is -0.279. The lowest BCUT2D eigenvalue weighted by molar-refractivity contribution is 0.161. The summed E-state index contributed by atoms with van der Waals surface area (Å²) in [6.07, 6.45) is 2.89. The molecular weight excluding hydrogens is 315 g/mol. The van der Waals surface area contributed by atoms with E-state index >= 15 is 0 Å². The highest BCUT2D eigenvalue weighted by atomic mass is 19.1. The molecule has 1 aliphatic rings. The predicted molar refractivity (Wildman–Crippen MR) is 97.6 cm³/mol. The fraction of sp³-hybridized carbons (Fsp3) is 0.190. The van der Waals surface area contributed by atoms with E-state index < -0.39 is 0 Å². The standard InChI is InChI=1S/C21H19FN2O/c1-14-6-8-15(9-7-14)19-20(16-10-12-25-13-11-16)24-21(23-19)17-4-2-3-5-18(17)22/h2-10H,11-13H2,1H3,(H,23,24). The number of rotatable bonds is 3. The number of nitrogens with one attached hydrogen (secondary N) is 1. The van der Waals surface area contributed by atoms with Crippen molar-refractivity contribution in [1.29, 1.82) is 0 Å². The topological polar surface area (TPSA) is 37.9 Å². The first-order valence-corrected chi connectivity index (χ1v) is 8.41. The minimum Gasteiger partial charge on any atom is -0.377 e. The van der Waals surface area contributed by atoms with Crippen LogP contribution in [0.25, 0.3) is 28.2 Å². The van der Waals surface area contributed by atoms with Crippen molar-refractivity contribution in [2.45, 2.75) is 13.3 Å². The number of aryl methyl sites for hydroxylation is 1. The molecule has 4 heteroatoms. The van der Waals surface area contributed by atoms with Gasteiger partial charge in [0.05, 0.1) is 30.2 Å². The van der Waals surface area contributed by atoms with E-state index in [9.17, 15) is 4.39 Å². The summed E-state index contributed by atoms with van der Waals surface area (Å²) in [5.41, 5.74) is 5.66. The smallest absolute Gasteiger partial charge is 0.141 e. The first kappa shape index (κ1) is 15.8. The molecule has 0 spiro atoms. The Balaban J connectivity index is 1.87. The molecule has 0 saturated heterocycles. The van der Waals surface area contributed by atoms with Gasteiger partial charge >= 0.3 is 0 Å². The van der Waals surface area contributed by atoms with Crippen molar-refractivity contribution in [1.82, 2.24) is 9.97 Å². The number of nitrogens with zero attached hydrogens (tertiary/aromatic N) is 1. The lowest BCUT2D eigenvalue weighted by atomic mass is 10.0. The summed E-state index contributed by atoms with van der Waals surface area (Å²) in [6, 6.07) is 14.9. The highest BCUT2D eigenvalue weighted by molar-refractivity contribution is 5.80. The van der Waals surface area contributed by atoms with Crippen LogP contribution in [0, 0.1) is 12.7 Å². The summed E-state index contributed by atoms with van der Waals surface area (Å²) < 4.78 is 19.6. The maximum Gasteiger partial charge on any atom is 0.141 e. The molecule has 3 nitrogen and oxygen atoms in total. The largest absolute Gasteiger partial charge is 0.377 e. The first-order chi connectivity index (χ1) is 12.2. The Hall–Kier alpha value is -2.72. The fourth-order valence-corrected chi connectivity index (χ4v) is 3.06. The van der Waals surface area contributed by atoms with Gasteiger partial charge in [0.15, 0.2) is 0 Å². The SMILES string of the molecule is Cc1ccc(-c2nc(-c3ccccc3F)[nH]c2C2=CCOCC2)cc1. The van der Waals surface area contributed by atoms with E-state index in [-0.39, 0.29) is 5.82 Å². The molecule has 0 fully saturated rings. The number of hydrogen-bond donors (Lipinski definition) is 1. The number of ether oxygens (including phenoxy) is 1. The maximum atomic E-state index is 14.2. The van der Waals surface area contributed by atoms with E-state index in [2.05, 4.69) is 42.2 Å². The molecule has 0 radical (unpaired) electrons. The molecule has 1 N–H and O–H groups in total. The van der Waals surface area contributed by atoms with Crippen molar-refractivity contribution >= 4 is 5.57 Å². The molecule has 1 aliphatic heterocycles. The monoisotopic (exact) mass is 334 g/mol. The van der Waals surface area contributed by atoms with E-state index in [1.165, 1.54) is 11.6 Å². The number of aromatic amines is 1. The van der Waals surface area contributed by atoms with E-state index in [4.69, 9.17) is 9.72 Å². The van der Waals surface area contributed by atoms with Crippen LogP contribution in [0.3, 0.4) is 0 Å². The molecule has 25 heavy (non-hydrogen) atoms. The van der Waals surface area contributed by atoms with Gasteiger partial charge in [-0.15, -0.1) is 0 Å². The molecule has 0 bridgehead atoms. The lowest BCUT2D eigenvalue weighted by Crippen LogP contribution is -2.04. The van der Waals surface area contributed by atoms with Gasteiger partial charge in [0.2, 0.25) is 0 Å². The van der Waals surface area contributed by atoms with Crippen molar-refractivity contribution in [3.8, 4) is 22.6 Å². The second-order valence-electron chi connectivity index (χ2n) is 6.21. The lowest BCUT2D eigenvalue weighted by Gasteiger charge is -2.13. The third-order valence-corrected chi connectivity index (χ3v) is 4.44. The number of halogens is 1. The molecule has 0 atom stereocenters. The Labute approximate surface area is 146 Å². The van der Waals surface area contributed by atoms with Crippen LogP contribution in [0.15, 0.2) is 54.6 Å². The Morgan fingerprint density at radius 1 is 1.08 bits per heavy atom. The van der Waals surface area contributed by atoms with Crippen LogP contribution in [0.1, 0.15) is 17.7 Å². The van der Waals surface area contributed by atoms with Crippen molar-refractivity contribution in [3.63, 3.8) is 0 Å². The normalized spacial score (nSPS) is 14.4. The van der Waals surface area contributed by atoms with Crippen LogP contribution in [0.5, 0.6) is 0 Å². The van der Waals surface area contributed by atoms with Gasteiger partial charge in [-0.25, -0.2) is 9.37 Å². The zero-order chi connectivity index (χ0) is 17.2. The van der Waals surface area contributed by atoms with Crippen LogP contribution in [0.2, 0.25) is 0 Å². The number of aromatic nitrogens is 2. The van der Waals surface area contributed by atoms with Crippen molar-refractivity contribution in [2.24, 2.45) is 0 Å². The Bertz CT molecular complexity index is 925. The van der Waals surface area contributed by atoms with Crippen LogP contribution in [0.4, 0.5) is 4.39 Å². The Morgan fingerprint density at radius 2 is 1.88 bits per heavy atom. The Morgan fingerprint density at radius 3 is 2.60 bits per heavy atom. The Kier molecular flexibility index (Phi) is 4.20. The van der Waals surface area contributed by atoms with E-state index in [0.29, 0.717) is 24.6 Å². The van der Waals surface area contributed by atoms with Crippen LogP contribution in [-0.4, -0.2) is 23.2 Å². The number of hydrogen-bond acceptors (Lipinski definition) is 2. The molecule has 4 rings (SSSR count). The average molecular weight is 334 g/mol. The van der Waals surface area contributed by atoms with Crippen LogP contribution >= 0.6 is 0 Å². The van der Waals surface area contributed by atoms with Gasteiger partial charge in [0, 0.05) is 5.56 Å². The van der Waals surface area contributed by atoms with Crippen molar-refractivity contribution in [2.75, 3.05) is 13.2 Å². The second kappa shape index (κ2) is 6.65. The molecule has 126 valence electrons. The van der Waals surface area contributed by atoms with E-state index in [1.54, 1.807) is 12.1 Å². The number of benzene rings is 2. The molecule has 0 unspecified atom stereocenters. The van der Waals surface area contributed by atoms with E-state index in [1.807, 2.05) is 6.07 Å². The summed E-state index contributed by atoms with van der Waals surface area (Å²) in [7, 11) is 0. The number of H-pyrrole nitrogens is 1. The zero-order valence-electron chi connectivity index (χ0n) is 14.1. The third kappa shape index (κ3) is 3.13. The molecule has 1 aromatic heterocycles. The molecule has 0 aliphatic carbocycles. The summed E-state index contributed by atoms with van der Waals surface area (Å²) in [4.78, 5) is 8.09. The molecule has 2 heterocycles. The average Bonchev–Trinajstić information content (AvgIpc) is 3.08.